The number of ether oxygens (including phenoxy) is 1. The third kappa shape index (κ3) is 3.23. The van der Waals surface area contributed by atoms with Gasteiger partial charge in [0.05, 0.1) is 25.8 Å². The van der Waals surface area contributed by atoms with Crippen LogP contribution in [0.1, 0.15) is 10.5 Å². The highest BCUT2D eigenvalue weighted by atomic mass is 32.2. The number of hydrogen-bond acceptors (Lipinski definition) is 7. The Hall–Kier alpha value is -1.74. The molecule has 0 amide bonds. The van der Waals surface area contributed by atoms with Gasteiger partial charge in [-0.2, -0.15) is 4.31 Å². The molecular weight excluding hydrogens is 284 g/mol. The Morgan fingerprint density at radius 1 is 1.25 bits per heavy atom. The van der Waals surface area contributed by atoms with E-state index in [1.165, 1.54) is 23.9 Å². The SMILES string of the molecule is COC(=O)c1cncc(N2CCN(S(C)(=O)=O)CC2)n1. The lowest BCUT2D eigenvalue weighted by Crippen LogP contribution is -2.48. The van der Waals surface area contributed by atoms with Gasteiger partial charge in [0.15, 0.2) is 5.69 Å². The van der Waals surface area contributed by atoms with Gasteiger partial charge in [-0.1, -0.05) is 0 Å². The molecule has 20 heavy (non-hydrogen) atoms. The molecule has 1 aliphatic rings. The standard InChI is InChI=1S/C11H16N4O4S/c1-19-11(16)9-7-12-8-10(13-9)14-3-5-15(6-4-14)20(2,17)18/h7-8H,3-6H2,1-2H3. The minimum atomic E-state index is -3.16. The maximum atomic E-state index is 11.4. The Morgan fingerprint density at radius 2 is 1.90 bits per heavy atom. The number of rotatable bonds is 3. The Labute approximate surface area is 117 Å². The Bertz CT molecular complexity index is 596. The van der Waals surface area contributed by atoms with Crippen molar-refractivity contribution in [2.75, 3.05) is 44.4 Å². The van der Waals surface area contributed by atoms with E-state index < -0.39 is 16.0 Å². The zero-order valence-electron chi connectivity index (χ0n) is 11.3. The van der Waals surface area contributed by atoms with E-state index in [1.54, 1.807) is 6.20 Å². The van der Waals surface area contributed by atoms with E-state index in [-0.39, 0.29) is 5.69 Å². The summed E-state index contributed by atoms with van der Waals surface area (Å²) in [6.45, 7) is 1.80. The second-order valence-corrected chi connectivity index (χ2v) is 6.39. The summed E-state index contributed by atoms with van der Waals surface area (Å²) in [4.78, 5) is 21.4. The number of nitrogens with zero attached hydrogens (tertiary/aromatic N) is 4. The topological polar surface area (TPSA) is 92.7 Å². The first kappa shape index (κ1) is 14.7. The van der Waals surface area contributed by atoms with Crippen molar-refractivity contribution in [3.63, 3.8) is 0 Å². The molecule has 0 atom stereocenters. The van der Waals surface area contributed by atoms with Gasteiger partial charge in [0.2, 0.25) is 10.0 Å². The Morgan fingerprint density at radius 3 is 2.45 bits per heavy atom. The van der Waals surface area contributed by atoms with Crippen LogP contribution in [0.3, 0.4) is 0 Å². The molecule has 0 radical (unpaired) electrons. The van der Waals surface area contributed by atoms with E-state index in [4.69, 9.17) is 0 Å². The van der Waals surface area contributed by atoms with Gasteiger partial charge in [0.25, 0.3) is 0 Å². The van der Waals surface area contributed by atoms with Crippen LogP contribution in [-0.2, 0) is 14.8 Å². The predicted molar refractivity (Wildman–Crippen MR) is 72.0 cm³/mol. The summed E-state index contributed by atoms with van der Waals surface area (Å²) >= 11 is 0. The molecule has 2 rings (SSSR count). The van der Waals surface area contributed by atoms with Crippen LogP contribution in [0.15, 0.2) is 12.4 Å². The number of esters is 1. The molecule has 0 saturated carbocycles. The first-order valence-corrected chi connectivity index (χ1v) is 7.87. The van der Waals surface area contributed by atoms with E-state index in [1.807, 2.05) is 4.90 Å². The minimum absolute atomic E-state index is 0.135. The van der Waals surface area contributed by atoms with E-state index in [0.29, 0.717) is 32.0 Å². The molecule has 1 aromatic heterocycles. The van der Waals surface area contributed by atoms with Crippen molar-refractivity contribution >= 4 is 21.8 Å². The number of anilines is 1. The molecule has 9 heteroatoms. The van der Waals surface area contributed by atoms with Crippen molar-refractivity contribution < 1.29 is 17.9 Å². The quantitative estimate of drug-likeness (QED) is 0.684. The molecule has 1 aliphatic heterocycles. The first-order valence-electron chi connectivity index (χ1n) is 6.02. The average Bonchev–Trinajstić information content (AvgIpc) is 2.46. The molecule has 1 fully saturated rings. The van der Waals surface area contributed by atoms with E-state index >= 15 is 0 Å². The molecule has 8 nitrogen and oxygen atoms in total. The number of hydrogen-bond donors (Lipinski definition) is 0. The smallest absolute Gasteiger partial charge is 0.358 e. The number of carbonyl (C=O) groups excluding carboxylic acids is 1. The highest BCUT2D eigenvalue weighted by molar-refractivity contribution is 7.88. The van der Waals surface area contributed by atoms with Crippen molar-refractivity contribution in [3.8, 4) is 0 Å². The Kier molecular flexibility index (Phi) is 4.19. The average molecular weight is 300 g/mol. The molecular formula is C11H16N4O4S. The highest BCUT2D eigenvalue weighted by Gasteiger charge is 2.24. The van der Waals surface area contributed by atoms with Gasteiger partial charge in [-0.3, -0.25) is 4.98 Å². The monoisotopic (exact) mass is 300 g/mol. The molecule has 0 unspecified atom stereocenters. The van der Waals surface area contributed by atoms with Crippen LogP contribution in [0.4, 0.5) is 5.82 Å². The summed E-state index contributed by atoms with van der Waals surface area (Å²) in [5.74, 6) is -0.00447. The maximum Gasteiger partial charge on any atom is 0.358 e. The number of sulfonamides is 1. The molecule has 110 valence electrons. The largest absolute Gasteiger partial charge is 0.464 e. The molecule has 1 aromatic rings. The van der Waals surface area contributed by atoms with Crippen LogP contribution < -0.4 is 4.90 Å². The molecule has 2 heterocycles. The van der Waals surface area contributed by atoms with Crippen molar-refractivity contribution in [2.24, 2.45) is 0 Å². The van der Waals surface area contributed by atoms with Crippen molar-refractivity contribution in [1.29, 1.82) is 0 Å². The highest BCUT2D eigenvalue weighted by Crippen LogP contribution is 2.14. The molecule has 0 bridgehead atoms. The fourth-order valence-corrected chi connectivity index (χ4v) is 2.79. The lowest BCUT2D eigenvalue weighted by atomic mass is 10.3. The fourth-order valence-electron chi connectivity index (χ4n) is 1.96. The summed E-state index contributed by atoms with van der Waals surface area (Å²) in [6, 6.07) is 0. The second-order valence-electron chi connectivity index (χ2n) is 4.40. The molecule has 1 saturated heterocycles. The van der Waals surface area contributed by atoms with Crippen LogP contribution in [-0.4, -0.2) is 68.2 Å². The summed E-state index contributed by atoms with van der Waals surface area (Å²) in [5.41, 5.74) is 0.135. The third-order valence-electron chi connectivity index (χ3n) is 3.05. The van der Waals surface area contributed by atoms with Gasteiger partial charge >= 0.3 is 5.97 Å². The zero-order chi connectivity index (χ0) is 14.8. The van der Waals surface area contributed by atoms with Gasteiger partial charge in [-0.25, -0.2) is 18.2 Å². The molecule has 0 aromatic carbocycles. The zero-order valence-corrected chi connectivity index (χ0v) is 12.1. The normalized spacial score (nSPS) is 17.0. The van der Waals surface area contributed by atoms with Gasteiger partial charge in [0, 0.05) is 26.2 Å². The lowest BCUT2D eigenvalue weighted by Gasteiger charge is -2.33. The Balaban J connectivity index is 2.09. The minimum Gasteiger partial charge on any atom is -0.464 e. The number of aromatic nitrogens is 2. The van der Waals surface area contributed by atoms with Gasteiger partial charge < -0.3 is 9.64 Å². The maximum absolute atomic E-state index is 11.4. The third-order valence-corrected chi connectivity index (χ3v) is 4.35. The van der Waals surface area contributed by atoms with Gasteiger partial charge in [-0.15, -0.1) is 0 Å². The lowest BCUT2D eigenvalue weighted by molar-refractivity contribution is 0.0593. The van der Waals surface area contributed by atoms with Crippen LogP contribution >= 0.6 is 0 Å². The van der Waals surface area contributed by atoms with Gasteiger partial charge in [0.1, 0.15) is 5.82 Å². The molecule has 0 spiro atoms. The van der Waals surface area contributed by atoms with E-state index in [0.717, 1.165) is 0 Å². The fraction of sp³-hybridized carbons (Fsp3) is 0.545. The van der Waals surface area contributed by atoms with Crippen LogP contribution in [0, 0.1) is 0 Å². The molecule has 0 aliphatic carbocycles. The predicted octanol–water partition coefficient (Wildman–Crippen LogP) is -0.655. The van der Waals surface area contributed by atoms with E-state index in [2.05, 4.69) is 14.7 Å². The van der Waals surface area contributed by atoms with Crippen LogP contribution in [0.5, 0.6) is 0 Å². The van der Waals surface area contributed by atoms with E-state index in [9.17, 15) is 13.2 Å². The van der Waals surface area contributed by atoms with Crippen molar-refractivity contribution in [2.45, 2.75) is 0 Å². The summed E-state index contributed by atoms with van der Waals surface area (Å²) in [6.07, 6.45) is 4.07. The van der Waals surface area contributed by atoms with Crippen molar-refractivity contribution in [1.82, 2.24) is 14.3 Å². The van der Waals surface area contributed by atoms with Crippen LogP contribution in [0.25, 0.3) is 0 Å². The van der Waals surface area contributed by atoms with Crippen LogP contribution in [0.2, 0.25) is 0 Å². The number of methoxy groups -OCH3 is 1. The first-order chi connectivity index (χ1) is 9.41. The summed E-state index contributed by atoms with van der Waals surface area (Å²) in [5, 5.41) is 0. The second kappa shape index (κ2) is 5.71. The van der Waals surface area contributed by atoms with Crippen molar-refractivity contribution in [3.05, 3.63) is 18.1 Å². The number of carbonyl (C=O) groups is 1. The number of piperazine rings is 1. The van der Waals surface area contributed by atoms with Gasteiger partial charge in [-0.05, 0) is 0 Å². The molecule has 0 N–H and O–H groups in total. The summed E-state index contributed by atoms with van der Waals surface area (Å²) in [7, 11) is -1.88. The summed E-state index contributed by atoms with van der Waals surface area (Å²) < 4.78 is 28.9.